The number of hydrogen-bond donors (Lipinski definition) is 3. The standard InChI is InChI=1S/C20H29N3O5/c1-12-7-8-28-15-11-22-10-14(17(24)18(25)16(22)20(27)23(12)15)19(26)21-9-13-5-3-2-4-6-13/h10,12-13,15,20,25,27H,2-9,11H2,1H3,(H,21,26)/t12-,15+,20?/m1/s1. The second kappa shape index (κ2) is 7.85. The molecule has 1 aromatic heterocycles. The van der Waals surface area contributed by atoms with E-state index in [4.69, 9.17) is 4.74 Å². The van der Waals surface area contributed by atoms with Gasteiger partial charge in [0, 0.05) is 18.8 Å². The third-order valence-electron chi connectivity index (χ3n) is 6.38. The molecule has 3 atom stereocenters. The Morgan fingerprint density at radius 1 is 1.29 bits per heavy atom. The van der Waals surface area contributed by atoms with Gasteiger partial charge in [-0.05, 0) is 32.1 Å². The lowest BCUT2D eigenvalue weighted by Crippen LogP contribution is -2.55. The number of carbonyl (C=O) groups excluding carboxylic acids is 1. The largest absolute Gasteiger partial charge is 0.503 e. The summed E-state index contributed by atoms with van der Waals surface area (Å²) >= 11 is 0. The summed E-state index contributed by atoms with van der Waals surface area (Å²) in [5.74, 6) is -0.593. The van der Waals surface area contributed by atoms with Gasteiger partial charge in [-0.15, -0.1) is 0 Å². The molecule has 0 spiro atoms. The zero-order chi connectivity index (χ0) is 19.8. The Kier molecular flexibility index (Phi) is 5.44. The van der Waals surface area contributed by atoms with E-state index in [2.05, 4.69) is 5.32 Å². The fraction of sp³-hybridized carbons (Fsp3) is 0.700. The lowest BCUT2D eigenvalue weighted by molar-refractivity contribution is -0.204. The number of nitrogens with zero attached hydrogens (tertiary/aromatic N) is 2. The second-order valence-corrected chi connectivity index (χ2v) is 8.26. The highest BCUT2D eigenvalue weighted by atomic mass is 16.5. The average molecular weight is 391 g/mol. The van der Waals surface area contributed by atoms with Gasteiger partial charge in [-0.2, -0.15) is 0 Å². The molecule has 8 heteroatoms. The molecule has 4 rings (SSSR count). The van der Waals surface area contributed by atoms with Crippen molar-refractivity contribution >= 4 is 5.91 Å². The summed E-state index contributed by atoms with van der Waals surface area (Å²) in [6, 6.07) is 0.0653. The van der Waals surface area contributed by atoms with Crippen molar-refractivity contribution < 1.29 is 19.7 Å². The highest BCUT2D eigenvalue weighted by Gasteiger charge is 2.41. The van der Waals surface area contributed by atoms with Crippen LogP contribution >= 0.6 is 0 Å². The number of pyridine rings is 1. The van der Waals surface area contributed by atoms with Crippen LogP contribution < -0.4 is 10.7 Å². The summed E-state index contributed by atoms with van der Waals surface area (Å²) in [4.78, 5) is 27.0. The van der Waals surface area contributed by atoms with Crippen LogP contribution in [0, 0.1) is 5.92 Å². The van der Waals surface area contributed by atoms with Crippen LogP contribution in [0.3, 0.4) is 0 Å². The maximum Gasteiger partial charge on any atom is 0.256 e. The quantitative estimate of drug-likeness (QED) is 0.718. The van der Waals surface area contributed by atoms with Crippen molar-refractivity contribution in [1.82, 2.24) is 14.8 Å². The molecule has 2 fully saturated rings. The SMILES string of the molecule is C[C@@H]1CCO[C@H]2Cn3cc(C(=O)NCC4CCCCC4)c(=O)c(O)c3C(O)N12. The Morgan fingerprint density at radius 2 is 2.04 bits per heavy atom. The van der Waals surface area contributed by atoms with Crippen molar-refractivity contribution in [2.75, 3.05) is 13.2 Å². The van der Waals surface area contributed by atoms with Crippen LogP contribution in [0.5, 0.6) is 5.75 Å². The van der Waals surface area contributed by atoms with Crippen molar-refractivity contribution in [3.05, 3.63) is 27.7 Å². The zero-order valence-electron chi connectivity index (χ0n) is 16.3. The molecule has 0 bridgehead atoms. The molecule has 3 heterocycles. The van der Waals surface area contributed by atoms with Gasteiger partial charge >= 0.3 is 0 Å². The van der Waals surface area contributed by atoms with E-state index in [9.17, 15) is 19.8 Å². The molecule has 2 aliphatic heterocycles. The molecule has 3 N–H and O–H groups in total. The van der Waals surface area contributed by atoms with Gasteiger partial charge in [0.05, 0.1) is 13.2 Å². The molecule has 1 saturated heterocycles. The third kappa shape index (κ3) is 3.44. The number of amides is 1. The molecule has 1 aromatic rings. The first kappa shape index (κ1) is 19.4. The Labute approximate surface area is 164 Å². The number of hydrogen-bond acceptors (Lipinski definition) is 6. The normalized spacial score (nSPS) is 28.4. The van der Waals surface area contributed by atoms with Crippen molar-refractivity contribution in [2.24, 2.45) is 5.92 Å². The summed E-state index contributed by atoms with van der Waals surface area (Å²) in [6.45, 7) is 3.45. The topological polar surface area (TPSA) is 104 Å². The fourth-order valence-corrected chi connectivity index (χ4v) is 4.72. The fourth-order valence-electron chi connectivity index (χ4n) is 4.72. The van der Waals surface area contributed by atoms with Crippen LogP contribution in [0.4, 0.5) is 0 Å². The molecule has 8 nitrogen and oxygen atoms in total. The van der Waals surface area contributed by atoms with Gasteiger partial charge < -0.3 is 24.8 Å². The molecule has 0 radical (unpaired) electrons. The van der Waals surface area contributed by atoms with Crippen LogP contribution in [0.15, 0.2) is 11.0 Å². The number of aromatic nitrogens is 1. The molecular formula is C20H29N3O5. The second-order valence-electron chi connectivity index (χ2n) is 8.26. The first-order chi connectivity index (χ1) is 13.5. The van der Waals surface area contributed by atoms with Crippen LogP contribution in [-0.4, -0.2) is 51.0 Å². The van der Waals surface area contributed by atoms with Gasteiger partial charge in [0.25, 0.3) is 5.91 Å². The third-order valence-corrected chi connectivity index (χ3v) is 6.38. The molecular weight excluding hydrogens is 362 g/mol. The van der Waals surface area contributed by atoms with E-state index in [0.29, 0.717) is 25.6 Å². The van der Waals surface area contributed by atoms with Gasteiger partial charge in [0.15, 0.2) is 12.0 Å². The smallest absolute Gasteiger partial charge is 0.256 e. The number of nitrogens with one attached hydrogen (secondary N) is 1. The monoisotopic (exact) mass is 391 g/mol. The summed E-state index contributed by atoms with van der Waals surface area (Å²) in [6.07, 6.45) is 6.48. The number of aliphatic hydroxyl groups excluding tert-OH is 1. The lowest BCUT2D eigenvalue weighted by atomic mass is 9.89. The molecule has 1 amide bonds. The van der Waals surface area contributed by atoms with Gasteiger partial charge in [0.2, 0.25) is 5.43 Å². The van der Waals surface area contributed by atoms with Gasteiger partial charge in [-0.1, -0.05) is 19.3 Å². The minimum absolute atomic E-state index is 0.0653. The van der Waals surface area contributed by atoms with E-state index in [1.54, 1.807) is 9.47 Å². The first-order valence-electron chi connectivity index (χ1n) is 10.3. The molecule has 0 aromatic carbocycles. The van der Waals surface area contributed by atoms with Crippen molar-refractivity contribution in [3.8, 4) is 5.75 Å². The van der Waals surface area contributed by atoms with E-state index in [1.165, 1.54) is 25.5 Å². The van der Waals surface area contributed by atoms with Crippen molar-refractivity contribution in [1.29, 1.82) is 0 Å². The number of carbonyl (C=O) groups is 1. The highest BCUT2D eigenvalue weighted by Crippen LogP contribution is 2.36. The Hall–Kier alpha value is -1.90. The highest BCUT2D eigenvalue weighted by molar-refractivity contribution is 5.94. The van der Waals surface area contributed by atoms with Crippen LogP contribution in [0.2, 0.25) is 0 Å². The predicted octanol–water partition coefficient (Wildman–Crippen LogP) is 1.31. The van der Waals surface area contributed by atoms with Gasteiger partial charge in [0.1, 0.15) is 17.5 Å². The molecule has 28 heavy (non-hydrogen) atoms. The molecule has 3 aliphatic rings. The molecule has 1 unspecified atom stereocenters. The molecule has 1 saturated carbocycles. The molecule has 1 aliphatic carbocycles. The van der Waals surface area contributed by atoms with E-state index >= 15 is 0 Å². The van der Waals surface area contributed by atoms with E-state index in [0.717, 1.165) is 19.3 Å². The average Bonchev–Trinajstić information content (AvgIpc) is 2.69. The Balaban J connectivity index is 1.58. The summed E-state index contributed by atoms with van der Waals surface area (Å²) in [7, 11) is 0. The first-order valence-corrected chi connectivity index (χ1v) is 10.3. The maximum atomic E-state index is 12.6. The number of aliphatic hydroxyl groups is 1. The van der Waals surface area contributed by atoms with E-state index in [-0.39, 0.29) is 23.5 Å². The van der Waals surface area contributed by atoms with Crippen molar-refractivity contribution in [2.45, 2.75) is 70.5 Å². The minimum Gasteiger partial charge on any atom is -0.503 e. The summed E-state index contributed by atoms with van der Waals surface area (Å²) in [5.41, 5.74) is -0.709. The van der Waals surface area contributed by atoms with Gasteiger partial charge in [-0.3, -0.25) is 9.59 Å². The molecule has 154 valence electrons. The minimum atomic E-state index is -1.15. The summed E-state index contributed by atoms with van der Waals surface area (Å²) in [5, 5.41) is 24.1. The summed E-state index contributed by atoms with van der Waals surface area (Å²) < 4.78 is 7.34. The van der Waals surface area contributed by atoms with Crippen LogP contribution in [0.1, 0.15) is 67.7 Å². The van der Waals surface area contributed by atoms with Gasteiger partial charge in [-0.25, -0.2) is 4.90 Å². The maximum absolute atomic E-state index is 12.6. The van der Waals surface area contributed by atoms with Crippen molar-refractivity contribution in [3.63, 3.8) is 0 Å². The number of aromatic hydroxyl groups is 1. The number of fused-ring (bicyclic) bond motifs is 2. The predicted molar refractivity (Wildman–Crippen MR) is 102 cm³/mol. The van der Waals surface area contributed by atoms with Crippen LogP contribution in [-0.2, 0) is 11.3 Å². The zero-order valence-corrected chi connectivity index (χ0v) is 16.3. The number of rotatable bonds is 3. The van der Waals surface area contributed by atoms with E-state index < -0.39 is 23.3 Å². The Morgan fingerprint density at radius 3 is 2.79 bits per heavy atom. The van der Waals surface area contributed by atoms with E-state index in [1.807, 2.05) is 6.92 Å². The van der Waals surface area contributed by atoms with Crippen LogP contribution in [0.25, 0.3) is 0 Å². The lowest BCUT2D eigenvalue weighted by Gasteiger charge is -2.47. The Bertz CT molecular complexity index is 802. The number of ether oxygens (including phenoxy) is 1.